The summed E-state index contributed by atoms with van der Waals surface area (Å²) in [7, 11) is 0. The second kappa shape index (κ2) is 5.99. The normalized spacial score (nSPS) is 13.5. The van der Waals surface area contributed by atoms with Gasteiger partial charge in [-0.1, -0.05) is 35.3 Å². The first kappa shape index (κ1) is 14.9. The van der Waals surface area contributed by atoms with E-state index in [1.807, 2.05) is 0 Å². The van der Waals surface area contributed by atoms with Crippen LogP contribution < -0.4 is 4.74 Å². The molecular weight excluding hydrogens is 325 g/mol. The topological polar surface area (TPSA) is 46.6 Å². The van der Waals surface area contributed by atoms with Crippen molar-refractivity contribution < 1.29 is 14.3 Å². The summed E-state index contributed by atoms with van der Waals surface area (Å²) in [6, 6.07) is 11.7. The van der Waals surface area contributed by atoms with Crippen molar-refractivity contribution in [2.45, 2.75) is 0 Å². The van der Waals surface area contributed by atoms with Crippen LogP contribution in [0.2, 0.25) is 10.0 Å². The quantitative estimate of drug-likeness (QED) is 0.801. The summed E-state index contributed by atoms with van der Waals surface area (Å²) in [5.41, 5.74) is 0.865. The maximum atomic E-state index is 12.2. The van der Waals surface area contributed by atoms with Crippen LogP contribution in [0.3, 0.4) is 0 Å². The number of nitrogens with zero attached hydrogens (tertiary/aromatic N) is 1. The van der Waals surface area contributed by atoms with Crippen molar-refractivity contribution in [3.8, 4) is 5.75 Å². The summed E-state index contributed by atoms with van der Waals surface area (Å²) in [5, 5.41) is 0.828. The Morgan fingerprint density at radius 2 is 1.55 bits per heavy atom. The molecule has 3 rings (SSSR count). The van der Waals surface area contributed by atoms with Gasteiger partial charge >= 0.3 is 0 Å². The molecule has 0 fully saturated rings. The smallest absolute Gasteiger partial charge is 0.261 e. The van der Waals surface area contributed by atoms with E-state index in [1.54, 1.807) is 42.5 Å². The van der Waals surface area contributed by atoms with E-state index in [0.29, 0.717) is 26.9 Å². The van der Waals surface area contributed by atoms with Crippen molar-refractivity contribution in [3.63, 3.8) is 0 Å². The van der Waals surface area contributed by atoms with E-state index in [0.717, 1.165) is 0 Å². The fourth-order valence-electron chi connectivity index (χ4n) is 2.26. The van der Waals surface area contributed by atoms with Crippen molar-refractivity contribution in [1.29, 1.82) is 0 Å². The molecule has 1 aliphatic heterocycles. The zero-order chi connectivity index (χ0) is 15.7. The van der Waals surface area contributed by atoms with Crippen molar-refractivity contribution in [3.05, 3.63) is 63.6 Å². The molecule has 0 bridgehead atoms. The molecule has 2 aromatic carbocycles. The molecule has 0 saturated carbocycles. The summed E-state index contributed by atoms with van der Waals surface area (Å²) >= 11 is 11.7. The summed E-state index contributed by atoms with van der Waals surface area (Å²) in [4.78, 5) is 25.5. The lowest BCUT2D eigenvalue weighted by molar-refractivity contribution is 0.0631. The van der Waals surface area contributed by atoms with Crippen LogP contribution >= 0.6 is 23.2 Å². The van der Waals surface area contributed by atoms with Crippen molar-refractivity contribution in [2.75, 3.05) is 13.2 Å². The van der Waals surface area contributed by atoms with E-state index < -0.39 is 0 Å². The maximum Gasteiger partial charge on any atom is 0.261 e. The van der Waals surface area contributed by atoms with E-state index in [2.05, 4.69) is 0 Å². The first-order valence-electron chi connectivity index (χ1n) is 6.61. The molecular formula is C16H11Cl2NO3. The fraction of sp³-hybridized carbons (Fsp3) is 0.125. The van der Waals surface area contributed by atoms with Crippen molar-refractivity contribution in [2.24, 2.45) is 0 Å². The number of amides is 2. The Morgan fingerprint density at radius 1 is 0.909 bits per heavy atom. The molecule has 0 spiro atoms. The molecule has 22 heavy (non-hydrogen) atoms. The van der Waals surface area contributed by atoms with Gasteiger partial charge in [-0.3, -0.25) is 14.5 Å². The van der Waals surface area contributed by atoms with Crippen LogP contribution in [0.25, 0.3) is 0 Å². The van der Waals surface area contributed by atoms with E-state index in [9.17, 15) is 9.59 Å². The Labute approximate surface area is 137 Å². The van der Waals surface area contributed by atoms with E-state index >= 15 is 0 Å². The molecule has 2 amide bonds. The summed E-state index contributed by atoms with van der Waals surface area (Å²) in [6.45, 7) is 0.357. The van der Waals surface area contributed by atoms with Crippen LogP contribution in [0.15, 0.2) is 42.5 Å². The fourth-order valence-corrected chi connectivity index (χ4v) is 2.55. The van der Waals surface area contributed by atoms with Gasteiger partial charge in [-0.2, -0.15) is 0 Å². The number of benzene rings is 2. The second-order valence-electron chi connectivity index (χ2n) is 4.73. The highest BCUT2D eigenvalue weighted by molar-refractivity contribution is 6.42. The summed E-state index contributed by atoms with van der Waals surface area (Å²) < 4.78 is 5.51. The molecule has 0 unspecified atom stereocenters. The highest BCUT2D eigenvalue weighted by atomic mass is 35.5. The van der Waals surface area contributed by atoms with Crippen LogP contribution in [-0.2, 0) is 0 Å². The predicted octanol–water partition coefficient (Wildman–Crippen LogP) is 3.67. The average Bonchev–Trinajstić information content (AvgIpc) is 2.76. The zero-order valence-electron chi connectivity index (χ0n) is 11.4. The van der Waals surface area contributed by atoms with Crippen LogP contribution in [0.4, 0.5) is 0 Å². The number of hydrogen-bond donors (Lipinski definition) is 0. The van der Waals surface area contributed by atoms with Crippen LogP contribution in [-0.4, -0.2) is 29.9 Å². The third kappa shape index (κ3) is 2.67. The number of fused-ring (bicyclic) bond motifs is 1. The van der Waals surface area contributed by atoms with Gasteiger partial charge in [0.2, 0.25) is 0 Å². The molecule has 6 heteroatoms. The van der Waals surface area contributed by atoms with Crippen LogP contribution in [0.5, 0.6) is 5.75 Å². The SMILES string of the molecule is O=C1c2ccccc2C(=O)N1CCOc1ccc(Cl)c(Cl)c1. The van der Waals surface area contributed by atoms with Crippen LogP contribution in [0, 0.1) is 0 Å². The van der Waals surface area contributed by atoms with Crippen LogP contribution in [0.1, 0.15) is 20.7 Å². The van der Waals surface area contributed by atoms with Gasteiger partial charge in [-0.25, -0.2) is 0 Å². The number of carbonyl (C=O) groups excluding carboxylic acids is 2. The molecule has 0 N–H and O–H groups in total. The first-order chi connectivity index (χ1) is 10.6. The predicted molar refractivity (Wildman–Crippen MR) is 83.8 cm³/mol. The number of hydrogen-bond acceptors (Lipinski definition) is 3. The molecule has 0 radical (unpaired) electrons. The molecule has 4 nitrogen and oxygen atoms in total. The Morgan fingerprint density at radius 3 is 2.14 bits per heavy atom. The molecule has 1 heterocycles. The molecule has 1 aliphatic rings. The standard InChI is InChI=1S/C16H11Cl2NO3/c17-13-6-5-10(9-14(13)18)22-8-7-19-15(20)11-3-1-2-4-12(11)16(19)21/h1-6,9H,7-8H2. The minimum Gasteiger partial charge on any atom is -0.492 e. The number of imide groups is 1. The van der Waals surface area contributed by atoms with E-state index in [4.69, 9.17) is 27.9 Å². The largest absolute Gasteiger partial charge is 0.492 e. The van der Waals surface area contributed by atoms with Gasteiger partial charge in [-0.05, 0) is 24.3 Å². The molecule has 0 aromatic heterocycles. The lowest BCUT2D eigenvalue weighted by Gasteiger charge is -2.14. The van der Waals surface area contributed by atoms with Crippen molar-refractivity contribution in [1.82, 2.24) is 4.90 Å². The highest BCUT2D eigenvalue weighted by Crippen LogP contribution is 2.26. The number of carbonyl (C=O) groups is 2. The zero-order valence-corrected chi connectivity index (χ0v) is 12.9. The van der Waals surface area contributed by atoms with Crippen molar-refractivity contribution >= 4 is 35.0 Å². The number of ether oxygens (including phenoxy) is 1. The molecule has 2 aromatic rings. The van der Waals surface area contributed by atoms with Gasteiger partial charge in [0.1, 0.15) is 12.4 Å². The average molecular weight is 336 g/mol. The molecule has 0 atom stereocenters. The number of rotatable bonds is 4. The summed E-state index contributed by atoms with van der Waals surface area (Å²) in [5.74, 6) is -0.0531. The Hall–Kier alpha value is -2.04. The third-order valence-electron chi connectivity index (χ3n) is 3.35. The maximum absolute atomic E-state index is 12.2. The Balaban J connectivity index is 1.64. The Kier molecular flexibility index (Phi) is 4.05. The van der Waals surface area contributed by atoms with Gasteiger partial charge in [0.15, 0.2) is 0 Å². The highest BCUT2D eigenvalue weighted by Gasteiger charge is 2.34. The minimum atomic E-state index is -0.293. The van der Waals surface area contributed by atoms with E-state index in [1.165, 1.54) is 4.90 Å². The minimum absolute atomic E-state index is 0.173. The molecule has 112 valence electrons. The van der Waals surface area contributed by atoms with Gasteiger partial charge in [-0.15, -0.1) is 0 Å². The van der Waals surface area contributed by atoms with Gasteiger partial charge in [0.25, 0.3) is 11.8 Å². The van der Waals surface area contributed by atoms with E-state index in [-0.39, 0.29) is 25.0 Å². The lowest BCUT2D eigenvalue weighted by Crippen LogP contribution is -2.33. The monoisotopic (exact) mass is 335 g/mol. The molecule has 0 aliphatic carbocycles. The molecule has 0 saturated heterocycles. The van der Waals surface area contributed by atoms with Gasteiger partial charge in [0, 0.05) is 6.07 Å². The second-order valence-corrected chi connectivity index (χ2v) is 5.55. The Bertz CT molecular complexity index is 726. The third-order valence-corrected chi connectivity index (χ3v) is 4.09. The number of halogens is 2. The van der Waals surface area contributed by atoms with Gasteiger partial charge < -0.3 is 4.74 Å². The lowest BCUT2D eigenvalue weighted by atomic mass is 10.1. The first-order valence-corrected chi connectivity index (χ1v) is 7.36. The summed E-state index contributed by atoms with van der Waals surface area (Å²) in [6.07, 6.45) is 0. The van der Waals surface area contributed by atoms with Gasteiger partial charge in [0.05, 0.1) is 27.7 Å².